The van der Waals surface area contributed by atoms with Crippen molar-refractivity contribution in [3.8, 4) is 0 Å². The molecule has 104 valence electrons. The van der Waals surface area contributed by atoms with Crippen LogP contribution >= 0.6 is 0 Å². The molecule has 20 heavy (non-hydrogen) atoms. The van der Waals surface area contributed by atoms with Gasteiger partial charge in [0.15, 0.2) is 0 Å². The van der Waals surface area contributed by atoms with Crippen molar-refractivity contribution in [2.45, 2.75) is 13.3 Å². The summed E-state index contributed by atoms with van der Waals surface area (Å²) < 4.78 is 0. The van der Waals surface area contributed by atoms with Crippen molar-refractivity contribution in [3.63, 3.8) is 0 Å². The summed E-state index contributed by atoms with van der Waals surface area (Å²) in [6, 6.07) is 5.34. The van der Waals surface area contributed by atoms with Crippen molar-refractivity contribution < 1.29 is 4.79 Å². The minimum Gasteiger partial charge on any atom is -0.383 e. The molecule has 0 aromatic carbocycles. The molecular formula is C15H18N4O. The molecule has 0 aliphatic heterocycles. The van der Waals surface area contributed by atoms with Crippen LogP contribution in [0.25, 0.3) is 0 Å². The fourth-order valence-corrected chi connectivity index (χ4v) is 1.85. The molecule has 1 amide bonds. The molecule has 2 rings (SSSR count). The second kappa shape index (κ2) is 6.65. The van der Waals surface area contributed by atoms with Gasteiger partial charge in [-0.15, -0.1) is 0 Å². The average Bonchev–Trinajstić information content (AvgIpc) is 2.52. The van der Waals surface area contributed by atoms with Gasteiger partial charge < -0.3 is 10.2 Å². The first-order valence-corrected chi connectivity index (χ1v) is 6.60. The fraction of sp³-hybridized carbons (Fsp3) is 0.267. The van der Waals surface area contributed by atoms with Crippen LogP contribution in [0.2, 0.25) is 0 Å². The summed E-state index contributed by atoms with van der Waals surface area (Å²) in [6.45, 7) is 2.89. The lowest BCUT2D eigenvalue weighted by Gasteiger charge is -2.19. The molecular weight excluding hydrogens is 252 g/mol. The molecule has 5 heteroatoms. The van der Waals surface area contributed by atoms with Crippen molar-refractivity contribution in [3.05, 3.63) is 48.5 Å². The summed E-state index contributed by atoms with van der Waals surface area (Å²) in [5, 5.41) is 3.23. The Labute approximate surface area is 118 Å². The zero-order valence-electron chi connectivity index (χ0n) is 11.7. The number of rotatable bonds is 5. The Morgan fingerprint density at radius 2 is 1.90 bits per heavy atom. The first-order valence-electron chi connectivity index (χ1n) is 6.60. The van der Waals surface area contributed by atoms with Gasteiger partial charge in [-0.25, -0.2) is 0 Å². The Bertz CT molecular complexity index is 571. The van der Waals surface area contributed by atoms with Crippen LogP contribution in [-0.4, -0.2) is 29.5 Å². The lowest BCUT2D eigenvalue weighted by atomic mass is 10.2. The topological polar surface area (TPSA) is 58.1 Å². The Balaban J connectivity index is 2.25. The van der Waals surface area contributed by atoms with Crippen LogP contribution in [0.4, 0.5) is 11.4 Å². The van der Waals surface area contributed by atoms with Crippen molar-refractivity contribution in [1.29, 1.82) is 0 Å². The number of anilines is 2. The SMILES string of the molecule is CCCNc1cnccc1C(=O)N(C)c1ccncc1. The van der Waals surface area contributed by atoms with Gasteiger partial charge in [-0.1, -0.05) is 6.92 Å². The van der Waals surface area contributed by atoms with Crippen LogP contribution < -0.4 is 10.2 Å². The number of hydrogen-bond donors (Lipinski definition) is 1. The van der Waals surface area contributed by atoms with E-state index in [1.807, 2.05) is 0 Å². The fourth-order valence-electron chi connectivity index (χ4n) is 1.85. The normalized spacial score (nSPS) is 10.1. The van der Waals surface area contributed by atoms with Gasteiger partial charge in [0.05, 0.1) is 17.4 Å². The standard InChI is InChI=1S/C15H18N4O/c1-3-7-18-14-11-17-10-6-13(14)15(20)19(2)12-4-8-16-9-5-12/h4-6,8-11,18H,3,7H2,1-2H3. The smallest absolute Gasteiger partial charge is 0.260 e. The predicted octanol–water partition coefficient (Wildman–Crippen LogP) is 2.58. The maximum Gasteiger partial charge on any atom is 0.260 e. The van der Waals surface area contributed by atoms with E-state index in [1.54, 1.807) is 54.9 Å². The quantitative estimate of drug-likeness (QED) is 0.907. The van der Waals surface area contributed by atoms with E-state index in [1.165, 1.54) is 0 Å². The maximum absolute atomic E-state index is 12.6. The third kappa shape index (κ3) is 3.12. The molecule has 0 radical (unpaired) electrons. The van der Waals surface area contributed by atoms with E-state index in [2.05, 4.69) is 22.2 Å². The van der Waals surface area contributed by atoms with Gasteiger partial charge in [-0.2, -0.15) is 0 Å². The van der Waals surface area contributed by atoms with E-state index >= 15 is 0 Å². The third-order valence-corrected chi connectivity index (χ3v) is 2.97. The van der Waals surface area contributed by atoms with Crippen molar-refractivity contribution in [2.24, 2.45) is 0 Å². The van der Waals surface area contributed by atoms with E-state index in [9.17, 15) is 4.79 Å². The molecule has 2 heterocycles. The van der Waals surface area contributed by atoms with Crippen LogP contribution in [0.5, 0.6) is 0 Å². The van der Waals surface area contributed by atoms with Crippen LogP contribution in [0.1, 0.15) is 23.7 Å². The van der Waals surface area contributed by atoms with Crippen molar-refractivity contribution >= 4 is 17.3 Å². The Morgan fingerprint density at radius 1 is 1.20 bits per heavy atom. The van der Waals surface area contributed by atoms with Crippen LogP contribution in [0, 0.1) is 0 Å². The lowest BCUT2D eigenvalue weighted by Crippen LogP contribution is -2.27. The molecule has 0 aliphatic rings. The summed E-state index contributed by atoms with van der Waals surface area (Å²) in [7, 11) is 1.75. The molecule has 0 bridgehead atoms. The minimum atomic E-state index is -0.0720. The summed E-state index contributed by atoms with van der Waals surface area (Å²) in [5.74, 6) is -0.0720. The van der Waals surface area contributed by atoms with E-state index in [0.29, 0.717) is 5.56 Å². The Kier molecular flexibility index (Phi) is 4.65. The number of amides is 1. The molecule has 0 saturated heterocycles. The molecule has 5 nitrogen and oxygen atoms in total. The lowest BCUT2D eigenvalue weighted by molar-refractivity contribution is 0.0993. The Hall–Kier alpha value is -2.43. The summed E-state index contributed by atoms with van der Waals surface area (Å²) in [4.78, 5) is 22.2. The van der Waals surface area contributed by atoms with E-state index in [-0.39, 0.29) is 5.91 Å². The summed E-state index contributed by atoms with van der Waals surface area (Å²) >= 11 is 0. The first-order chi connectivity index (χ1) is 9.74. The van der Waals surface area contributed by atoms with Gasteiger partial charge in [-0.05, 0) is 24.6 Å². The van der Waals surface area contributed by atoms with E-state index < -0.39 is 0 Å². The monoisotopic (exact) mass is 270 g/mol. The molecule has 1 N–H and O–H groups in total. The summed E-state index contributed by atoms with van der Waals surface area (Å²) in [5.41, 5.74) is 2.19. The number of nitrogens with zero attached hydrogens (tertiary/aromatic N) is 3. The number of carbonyl (C=O) groups excluding carboxylic acids is 1. The van der Waals surface area contributed by atoms with Gasteiger partial charge >= 0.3 is 0 Å². The third-order valence-electron chi connectivity index (χ3n) is 2.97. The number of nitrogens with one attached hydrogen (secondary N) is 1. The van der Waals surface area contributed by atoms with Crippen molar-refractivity contribution in [2.75, 3.05) is 23.8 Å². The van der Waals surface area contributed by atoms with Crippen LogP contribution in [0.15, 0.2) is 43.0 Å². The molecule has 2 aromatic heterocycles. The van der Waals surface area contributed by atoms with Gasteiger partial charge in [-0.3, -0.25) is 14.8 Å². The molecule has 0 saturated carbocycles. The number of pyridine rings is 2. The van der Waals surface area contributed by atoms with Crippen molar-refractivity contribution in [1.82, 2.24) is 9.97 Å². The largest absolute Gasteiger partial charge is 0.383 e. The molecule has 2 aromatic rings. The average molecular weight is 270 g/mol. The first kappa shape index (κ1) is 14.0. The van der Waals surface area contributed by atoms with Crippen LogP contribution in [-0.2, 0) is 0 Å². The highest BCUT2D eigenvalue weighted by Crippen LogP contribution is 2.19. The number of aromatic nitrogens is 2. The van der Waals surface area contributed by atoms with Crippen LogP contribution in [0.3, 0.4) is 0 Å². The molecule has 0 fully saturated rings. The van der Waals surface area contributed by atoms with Gasteiger partial charge in [0.25, 0.3) is 5.91 Å². The summed E-state index contributed by atoms with van der Waals surface area (Å²) in [6.07, 6.45) is 7.64. The molecule has 0 spiro atoms. The second-order valence-electron chi connectivity index (χ2n) is 4.42. The van der Waals surface area contributed by atoms with Gasteiger partial charge in [0.1, 0.15) is 0 Å². The zero-order chi connectivity index (χ0) is 14.4. The highest BCUT2D eigenvalue weighted by Gasteiger charge is 2.16. The number of hydrogen-bond acceptors (Lipinski definition) is 4. The minimum absolute atomic E-state index is 0.0720. The second-order valence-corrected chi connectivity index (χ2v) is 4.42. The Morgan fingerprint density at radius 3 is 2.60 bits per heavy atom. The van der Waals surface area contributed by atoms with Gasteiger partial charge in [0.2, 0.25) is 0 Å². The maximum atomic E-state index is 12.6. The molecule has 0 atom stereocenters. The zero-order valence-corrected chi connectivity index (χ0v) is 11.7. The van der Waals surface area contributed by atoms with Gasteiger partial charge in [0, 0.05) is 37.9 Å². The predicted molar refractivity (Wildman–Crippen MR) is 80.0 cm³/mol. The number of carbonyl (C=O) groups is 1. The molecule has 0 aliphatic carbocycles. The molecule has 0 unspecified atom stereocenters. The van der Waals surface area contributed by atoms with E-state index in [4.69, 9.17) is 0 Å². The highest BCUT2D eigenvalue weighted by atomic mass is 16.2. The highest BCUT2D eigenvalue weighted by molar-refractivity contribution is 6.09. The van der Waals surface area contributed by atoms with E-state index in [0.717, 1.165) is 24.3 Å².